The quantitative estimate of drug-likeness (QED) is 0.541. The Balaban J connectivity index is 2.31. The Morgan fingerprint density at radius 1 is 1.17 bits per heavy atom. The van der Waals surface area contributed by atoms with Crippen molar-refractivity contribution in [2.75, 3.05) is 32.0 Å². The molecule has 0 saturated carbocycles. The number of nitrogens with zero attached hydrogens (tertiary/aromatic N) is 1. The zero-order chi connectivity index (χ0) is 13.2. The van der Waals surface area contributed by atoms with Gasteiger partial charge in [0.1, 0.15) is 0 Å². The Bertz CT molecular complexity index is 328. The van der Waals surface area contributed by atoms with Gasteiger partial charge in [-0.15, -0.1) is 0 Å². The lowest BCUT2D eigenvalue weighted by atomic mass is 10.1. The van der Waals surface area contributed by atoms with Gasteiger partial charge in [0.05, 0.1) is 6.61 Å². The molecule has 2 N–H and O–H groups in total. The number of anilines is 1. The summed E-state index contributed by atoms with van der Waals surface area (Å²) in [5.74, 6) is 0. The Labute approximate surface area is 111 Å². The summed E-state index contributed by atoms with van der Waals surface area (Å²) in [4.78, 5) is 2.36. The molecule has 0 fully saturated rings. The highest BCUT2D eigenvalue weighted by molar-refractivity contribution is 5.46. The molecule has 0 unspecified atom stereocenters. The van der Waals surface area contributed by atoms with Crippen LogP contribution in [0.5, 0.6) is 0 Å². The van der Waals surface area contributed by atoms with Gasteiger partial charge in [-0.2, -0.15) is 0 Å². The number of unbranched alkanes of at least 4 members (excludes halogenated alkanes) is 1. The van der Waals surface area contributed by atoms with E-state index in [0.29, 0.717) is 0 Å². The fraction of sp³-hybridized carbons (Fsp3) is 0.600. The molecule has 0 radical (unpaired) electrons. The van der Waals surface area contributed by atoms with E-state index in [1.807, 2.05) is 18.2 Å². The van der Waals surface area contributed by atoms with Crippen LogP contribution in [0.15, 0.2) is 24.3 Å². The second kappa shape index (κ2) is 8.95. The van der Waals surface area contributed by atoms with Gasteiger partial charge in [-0.25, -0.2) is 0 Å². The van der Waals surface area contributed by atoms with Gasteiger partial charge in [-0.3, -0.25) is 4.90 Å². The third kappa shape index (κ3) is 5.52. The first kappa shape index (κ1) is 15.0. The minimum atomic E-state index is 0.806. The van der Waals surface area contributed by atoms with Crippen LogP contribution >= 0.6 is 0 Å². The highest BCUT2D eigenvalue weighted by atomic mass is 16.5. The first-order valence-electron chi connectivity index (χ1n) is 6.91. The van der Waals surface area contributed by atoms with Gasteiger partial charge in [0.15, 0.2) is 0 Å². The zero-order valence-corrected chi connectivity index (χ0v) is 11.7. The Kier molecular flexibility index (Phi) is 7.46. The maximum absolute atomic E-state index is 5.96. The summed E-state index contributed by atoms with van der Waals surface area (Å²) < 4.78 is 5.60. The van der Waals surface area contributed by atoms with Crippen molar-refractivity contribution in [2.45, 2.75) is 33.2 Å². The lowest BCUT2D eigenvalue weighted by molar-refractivity contribution is 0.101. The molecule has 0 aliphatic carbocycles. The normalized spacial score (nSPS) is 11.1. The second-order valence-electron chi connectivity index (χ2n) is 4.53. The van der Waals surface area contributed by atoms with Crippen LogP contribution in [0.1, 0.15) is 32.3 Å². The van der Waals surface area contributed by atoms with Crippen molar-refractivity contribution in [3.05, 3.63) is 29.8 Å². The number of likely N-dealkylation sites (N-methyl/N-ethyl adjacent to an activating group) is 1. The van der Waals surface area contributed by atoms with Crippen LogP contribution in [0, 0.1) is 0 Å². The Hall–Kier alpha value is -1.06. The third-order valence-electron chi connectivity index (χ3n) is 3.09. The summed E-state index contributed by atoms with van der Waals surface area (Å²) in [5.41, 5.74) is 8.04. The molecule has 0 bridgehead atoms. The van der Waals surface area contributed by atoms with Crippen LogP contribution in [0.3, 0.4) is 0 Å². The van der Waals surface area contributed by atoms with Crippen LogP contribution in [0.25, 0.3) is 0 Å². The maximum Gasteiger partial charge on any atom is 0.0593 e. The van der Waals surface area contributed by atoms with E-state index in [1.54, 1.807) is 0 Å². The molecule has 1 aromatic rings. The molecule has 3 nitrogen and oxygen atoms in total. The predicted molar refractivity (Wildman–Crippen MR) is 77.5 cm³/mol. The maximum atomic E-state index is 5.96. The molecule has 0 aliphatic rings. The number of para-hydroxylation sites is 1. The fourth-order valence-corrected chi connectivity index (χ4v) is 1.81. The van der Waals surface area contributed by atoms with Gasteiger partial charge in [-0.1, -0.05) is 38.5 Å². The minimum absolute atomic E-state index is 0.806. The monoisotopic (exact) mass is 250 g/mol. The van der Waals surface area contributed by atoms with Gasteiger partial charge in [0.25, 0.3) is 0 Å². The first-order valence-corrected chi connectivity index (χ1v) is 6.91. The summed E-state index contributed by atoms with van der Waals surface area (Å²) in [7, 11) is 0. The van der Waals surface area contributed by atoms with E-state index in [4.69, 9.17) is 10.5 Å². The number of hydrogen-bond donors (Lipinski definition) is 1. The van der Waals surface area contributed by atoms with Crippen LogP contribution in [-0.2, 0) is 11.3 Å². The smallest absolute Gasteiger partial charge is 0.0593 e. The third-order valence-corrected chi connectivity index (χ3v) is 3.09. The predicted octanol–water partition coefficient (Wildman–Crippen LogP) is 2.91. The van der Waals surface area contributed by atoms with Crippen LogP contribution in [-0.4, -0.2) is 31.2 Å². The summed E-state index contributed by atoms with van der Waals surface area (Å²) in [6, 6.07) is 8.07. The molecule has 0 aromatic heterocycles. The van der Waals surface area contributed by atoms with E-state index in [1.165, 1.54) is 12.0 Å². The molecule has 0 atom stereocenters. The highest BCUT2D eigenvalue weighted by Crippen LogP contribution is 2.13. The van der Waals surface area contributed by atoms with E-state index < -0.39 is 0 Å². The van der Waals surface area contributed by atoms with Gasteiger partial charge in [0.2, 0.25) is 0 Å². The van der Waals surface area contributed by atoms with Crippen LogP contribution in [0.2, 0.25) is 0 Å². The van der Waals surface area contributed by atoms with E-state index in [2.05, 4.69) is 24.8 Å². The van der Waals surface area contributed by atoms with Crippen molar-refractivity contribution in [3.8, 4) is 0 Å². The van der Waals surface area contributed by atoms with Gasteiger partial charge in [-0.05, 0) is 24.6 Å². The summed E-state index contributed by atoms with van der Waals surface area (Å²) >= 11 is 0. The lowest BCUT2D eigenvalue weighted by Gasteiger charge is -2.21. The number of nitrogen functional groups attached to an aromatic ring is 1. The average Bonchev–Trinajstić information content (AvgIpc) is 2.39. The van der Waals surface area contributed by atoms with E-state index in [0.717, 1.165) is 45.0 Å². The molecular formula is C15H26N2O. The Morgan fingerprint density at radius 2 is 1.94 bits per heavy atom. The average molecular weight is 250 g/mol. The molecule has 0 spiro atoms. The van der Waals surface area contributed by atoms with Gasteiger partial charge in [0, 0.05) is 25.4 Å². The molecule has 1 aromatic carbocycles. The highest BCUT2D eigenvalue weighted by Gasteiger charge is 2.05. The number of rotatable bonds is 9. The minimum Gasteiger partial charge on any atom is -0.398 e. The van der Waals surface area contributed by atoms with E-state index >= 15 is 0 Å². The molecule has 0 saturated heterocycles. The van der Waals surface area contributed by atoms with E-state index in [-0.39, 0.29) is 0 Å². The van der Waals surface area contributed by atoms with Crippen LogP contribution in [0.4, 0.5) is 5.69 Å². The number of benzene rings is 1. The fourth-order valence-electron chi connectivity index (χ4n) is 1.81. The molecule has 0 amide bonds. The molecule has 0 aliphatic heterocycles. The topological polar surface area (TPSA) is 38.5 Å². The first-order chi connectivity index (χ1) is 8.77. The van der Waals surface area contributed by atoms with E-state index in [9.17, 15) is 0 Å². The SMILES string of the molecule is CCCCOCCN(CC)Cc1ccccc1N. The van der Waals surface area contributed by atoms with Crippen molar-refractivity contribution < 1.29 is 4.74 Å². The number of ether oxygens (including phenoxy) is 1. The largest absolute Gasteiger partial charge is 0.398 e. The Morgan fingerprint density at radius 3 is 2.61 bits per heavy atom. The number of nitrogens with two attached hydrogens (primary N) is 1. The van der Waals surface area contributed by atoms with Crippen molar-refractivity contribution in [2.24, 2.45) is 0 Å². The molecule has 102 valence electrons. The molecule has 1 rings (SSSR count). The molecular weight excluding hydrogens is 224 g/mol. The lowest BCUT2D eigenvalue weighted by Crippen LogP contribution is -2.27. The van der Waals surface area contributed by atoms with Gasteiger partial charge >= 0.3 is 0 Å². The second-order valence-corrected chi connectivity index (χ2v) is 4.53. The van der Waals surface area contributed by atoms with Crippen molar-refractivity contribution in [3.63, 3.8) is 0 Å². The number of hydrogen-bond acceptors (Lipinski definition) is 3. The molecule has 3 heteroatoms. The summed E-state index contributed by atoms with van der Waals surface area (Å²) in [5, 5.41) is 0. The summed E-state index contributed by atoms with van der Waals surface area (Å²) in [6.45, 7) is 8.92. The van der Waals surface area contributed by atoms with Gasteiger partial charge < -0.3 is 10.5 Å². The summed E-state index contributed by atoms with van der Waals surface area (Å²) in [6.07, 6.45) is 2.34. The van der Waals surface area contributed by atoms with Crippen LogP contribution < -0.4 is 5.73 Å². The zero-order valence-electron chi connectivity index (χ0n) is 11.7. The van der Waals surface area contributed by atoms with Crippen molar-refractivity contribution in [1.29, 1.82) is 0 Å². The van der Waals surface area contributed by atoms with Crippen molar-refractivity contribution >= 4 is 5.69 Å². The van der Waals surface area contributed by atoms with Crippen molar-refractivity contribution in [1.82, 2.24) is 4.90 Å². The molecule has 18 heavy (non-hydrogen) atoms. The molecule has 0 heterocycles. The standard InChI is InChI=1S/C15H26N2O/c1-3-5-11-18-12-10-17(4-2)13-14-8-6-7-9-15(14)16/h6-9H,3-5,10-13,16H2,1-2H3.